The van der Waals surface area contributed by atoms with Gasteiger partial charge in [-0.05, 0) is 36.4 Å². The van der Waals surface area contributed by atoms with E-state index < -0.39 is 33.5 Å². The minimum Gasteiger partial charge on any atom is -0.298 e. The molecule has 1 amide bonds. The molecule has 12 heteroatoms. The molecule has 0 saturated carbocycles. The predicted octanol–water partition coefficient (Wildman–Crippen LogP) is 3.59. The average molecular weight is 442 g/mol. The van der Waals surface area contributed by atoms with Gasteiger partial charge in [0, 0.05) is 5.56 Å². The molecule has 27 heavy (non-hydrogen) atoms. The van der Waals surface area contributed by atoms with E-state index in [4.69, 9.17) is 23.2 Å². The highest BCUT2D eigenvalue weighted by molar-refractivity contribution is 7.89. The number of benzene rings is 2. The van der Waals surface area contributed by atoms with Crippen LogP contribution in [0.15, 0.2) is 47.4 Å². The highest BCUT2D eigenvalue weighted by Gasteiger charge is 2.30. The first-order valence-electron chi connectivity index (χ1n) is 7.16. The zero-order valence-corrected chi connectivity index (χ0v) is 15.6. The number of anilines is 1. The van der Waals surface area contributed by atoms with Crippen LogP contribution >= 0.6 is 23.2 Å². The number of nitrogens with one attached hydrogen (secondary N) is 3. The van der Waals surface area contributed by atoms with Crippen molar-refractivity contribution in [2.24, 2.45) is 0 Å². The Bertz CT molecular complexity index is 953. The maximum atomic E-state index is 12.2. The first kappa shape index (κ1) is 21.3. The summed E-state index contributed by atoms with van der Waals surface area (Å²) in [7, 11) is -4.43. The molecule has 0 unspecified atom stereocenters. The fourth-order valence-electron chi connectivity index (χ4n) is 1.84. The number of carbonyl (C=O) groups is 1. The van der Waals surface area contributed by atoms with E-state index in [1.807, 2.05) is 0 Å². The lowest BCUT2D eigenvalue weighted by atomic mass is 10.2. The smallest absolute Gasteiger partial charge is 0.298 e. The summed E-state index contributed by atoms with van der Waals surface area (Å²) >= 11 is 11.6. The van der Waals surface area contributed by atoms with Gasteiger partial charge in [0.1, 0.15) is 6.54 Å². The molecule has 2 rings (SSSR count). The van der Waals surface area contributed by atoms with Crippen molar-refractivity contribution in [3.8, 4) is 0 Å². The monoisotopic (exact) mass is 441 g/mol. The summed E-state index contributed by atoms with van der Waals surface area (Å²) in [6.45, 7) is -1.72. The van der Waals surface area contributed by atoms with E-state index >= 15 is 0 Å². The Kier molecular flexibility index (Phi) is 6.58. The van der Waals surface area contributed by atoms with E-state index in [0.29, 0.717) is 10.7 Å². The molecule has 3 N–H and O–H groups in total. The van der Waals surface area contributed by atoms with Gasteiger partial charge in [-0.1, -0.05) is 29.3 Å². The molecule has 0 heterocycles. The molecule has 0 atom stereocenters. The van der Waals surface area contributed by atoms with Crippen LogP contribution < -0.4 is 15.6 Å². The predicted molar refractivity (Wildman–Crippen MR) is 95.2 cm³/mol. The standard InChI is InChI=1S/C15H12Cl2F3N3O3S/c16-12-5-4-10(7-13(12)17)22-23-14(24)9-2-1-3-11(6-9)27(25,26)21-8-15(18,19)20/h1-7,21-22H,8H2,(H,23,24). The highest BCUT2D eigenvalue weighted by Crippen LogP contribution is 2.24. The van der Waals surface area contributed by atoms with Crippen LogP contribution in [0.5, 0.6) is 0 Å². The fraction of sp³-hybridized carbons (Fsp3) is 0.133. The van der Waals surface area contributed by atoms with Crippen molar-refractivity contribution in [2.75, 3.05) is 12.0 Å². The number of carbonyl (C=O) groups excluding carboxylic acids is 1. The summed E-state index contributed by atoms with van der Waals surface area (Å²) in [6, 6.07) is 9.04. The van der Waals surface area contributed by atoms with Crippen molar-refractivity contribution in [3.63, 3.8) is 0 Å². The van der Waals surface area contributed by atoms with Crippen molar-refractivity contribution in [3.05, 3.63) is 58.1 Å². The number of alkyl halides is 3. The minimum atomic E-state index is -4.70. The molecular weight excluding hydrogens is 430 g/mol. The zero-order valence-electron chi connectivity index (χ0n) is 13.3. The molecule has 146 valence electrons. The lowest BCUT2D eigenvalue weighted by molar-refractivity contribution is -0.121. The Hall–Kier alpha value is -2.01. The second-order valence-corrected chi connectivity index (χ2v) is 7.76. The van der Waals surface area contributed by atoms with Gasteiger partial charge in [0.15, 0.2) is 0 Å². The van der Waals surface area contributed by atoms with Crippen molar-refractivity contribution in [2.45, 2.75) is 11.1 Å². The summed E-state index contributed by atoms with van der Waals surface area (Å²) in [5.41, 5.74) is 5.19. The number of halogens is 5. The molecule has 0 saturated heterocycles. The number of rotatable bonds is 6. The normalized spacial score (nSPS) is 11.9. The summed E-state index contributed by atoms with van der Waals surface area (Å²) in [4.78, 5) is 11.7. The lowest BCUT2D eigenvalue weighted by Gasteiger charge is -2.11. The van der Waals surface area contributed by atoms with Crippen molar-refractivity contribution >= 4 is 44.8 Å². The zero-order chi connectivity index (χ0) is 20.2. The third kappa shape index (κ3) is 6.28. The first-order chi connectivity index (χ1) is 12.5. The Morgan fingerprint density at radius 3 is 2.37 bits per heavy atom. The van der Waals surface area contributed by atoms with Crippen LogP contribution in [0.25, 0.3) is 0 Å². The Morgan fingerprint density at radius 1 is 1.04 bits per heavy atom. The number of amides is 1. The molecule has 0 spiro atoms. The van der Waals surface area contributed by atoms with Gasteiger partial charge in [-0.25, -0.2) is 13.1 Å². The van der Waals surface area contributed by atoms with Gasteiger partial charge >= 0.3 is 6.18 Å². The van der Waals surface area contributed by atoms with Crippen molar-refractivity contribution in [1.29, 1.82) is 0 Å². The number of hydrazine groups is 1. The summed E-state index contributed by atoms with van der Waals surface area (Å²) in [5.74, 6) is -0.714. The number of sulfonamides is 1. The lowest BCUT2D eigenvalue weighted by Crippen LogP contribution is -2.34. The van der Waals surface area contributed by atoms with Crippen LogP contribution in [0, 0.1) is 0 Å². The average Bonchev–Trinajstić information content (AvgIpc) is 2.60. The van der Waals surface area contributed by atoms with Crippen LogP contribution in [0.2, 0.25) is 10.0 Å². The SMILES string of the molecule is O=C(NNc1ccc(Cl)c(Cl)c1)c1cccc(S(=O)(=O)NCC(F)(F)F)c1. The van der Waals surface area contributed by atoms with Crippen molar-refractivity contribution in [1.82, 2.24) is 10.1 Å². The molecule has 0 aliphatic rings. The minimum absolute atomic E-state index is 0.0857. The van der Waals surface area contributed by atoms with Crippen molar-refractivity contribution < 1.29 is 26.4 Å². The summed E-state index contributed by atoms with van der Waals surface area (Å²) in [6.07, 6.45) is -4.70. The van der Waals surface area contributed by atoms with Gasteiger partial charge in [0.05, 0.1) is 20.6 Å². The van der Waals surface area contributed by atoms with Gasteiger partial charge in [-0.15, -0.1) is 0 Å². The van der Waals surface area contributed by atoms with E-state index in [9.17, 15) is 26.4 Å². The molecular formula is C15H12Cl2F3N3O3S. The molecule has 0 aliphatic heterocycles. The van der Waals surface area contributed by atoms with Crippen LogP contribution in [0.4, 0.5) is 18.9 Å². The second-order valence-electron chi connectivity index (χ2n) is 5.18. The topological polar surface area (TPSA) is 87.3 Å². The molecule has 0 aromatic heterocycles. The van der Waals surface area contributed by atoms with E-state index in [2.05, 4.69) is 10.9 Å². The van der Waals surface area contributed by atoms with E-state index in [-0.39, 0.29) is 10.6 Å². The molecule has 2 aromatic carbocycles. The largest absolute Gasteiger partial charge is 0.402 e. The number of hydrogen-bond donors (Lipinski definition) is 3. The van der Waals surface area contributed by atoms with E-state index in [0.717, 1.165) is 12.1 Å². The van der Waals surface area contributed by atoms with Crippen LogP contribution in [-0.4, -0.2) is 27.0 Å². The van der Waals surface area contributed by atoms with Crippen LogP contribution in [-0.2, 0) is 10.0 Å². The third-order valence-corrected chi connectivity index (χ3v) is 5.25. The molecule has 0 fully saturated rings. The van der Waals surface area contributed by atoms with Gasteiger partial charge in [0.2, 0.25) is 10.0 Å². The maximum Gasteiger partial charge on any atom is 0.402 e. The van der Waals surface area contributed by atoms with E-state index in [1.165, 1.54) is 35.1 Å². The molecule has 2 aromatic rings. The van der Waals surface area contributed by atoms with Gasteiger partial charge in [-0.2, -0.15) is 13.2 Å². The van der Waals surface area contributed by atoms with Crippen LogP contribution in [0.1, 0.15) is 10.4 Å². The Balaban J connectivity index is 2.09. The quantitative estimate of drug-likeness (QED) is 0.597. The van der Waals surface area contributed by atoms with Gasteiger partial charge < -0.3 is 0 Å². The summed E-state index contributed by atoms with van der Waals surface area (Å²) < 4.78 is 61.9. The van der Waals surface area contributed by atoms with Gasteiger partial charge in [-0.3, -0.25) is 15.6 Å². The number of hydrogen-bond acceptors (Lipinski definition) is 4. The molecule has 0 radical (unpaired) electrons. The summed E-state index contributed by atoms with van der Waals surface area (Å²) in [5, 5.41) is 0.567. The molecule has 6 nitrogen and oxygen atoms in total. The highest BCUT2D eigenvalue weighted by atomic mass is 35.5. The molecule has 0 bridgehead atoms. The van der Waals surface area contributed by atoms with E-state index in [1.54, 1.807) is 0 Å². The Labute approximate surface area is 162 Å². The second kappa shape index (κ2) is 8.34. The third-order valence-electron chi connectivity index (χ3n) is 3.11. The molecule has 0 aliphatic carbocycles. The van der Waals surface area contributed by atoms with Gasteiger partial charge in [0.25, 0.3) is 5.91 Å². The Morgan fingerprint density at radius 2 is 1.74 bits per heavy atom. The first-order valence-corrected chi connectivity index (χ1v) is 9.40. The maximum absolute atomic E-state index is 12.2. The fourth-order valence-corrected chi connectivity index (χ4v) is 3.20. The van der Waals surface area contributed by atoms with Crippen LogP contribution in [0.3, 0.4) is 0 Å².